The van der Waals surface area contributed by atoms with Gasteiger partial charge in [0.25, 0.3) is 11.8 Å². The first-order valence-electron chi connectivity index (χ1n) is 13.6. The molecule has 3 heterocycles. The molecule has 1 aromatic carbocycles. The van der Waals surface area contributed by atoms with Gasteiger partial charge < -0.3 is 29.5 Å². The highest BCUT2D eigenvalue weighted by Gasteiger charge is 2.29. The third-order valence-electron chi connectivity index (χ3n) is 6.81. The topological polar surface area (TPSA) is 154 Å². The Balaban J connectivity index is 1.67. The molecule has 2 aromatic heterocycles. The number of aromatic nitrogens is 4. The van der Waals surface area contributed by atoms with Crippen LogP contribution in [0, 0.1) is 26.7 Å². The van der Waals surface area contributed by atoms with Crippen LogP contribution >= 0.6 is 0 Å². The van der Waals surface area contributed by atoms with Gasteiger partial charge in [0.2, 0.25) is 5.91 Å². The van der Waals surface area contributed by atoms with Crippen molar-refractivity contribution in [1.82, 2.24) is 35.5 Å². The highest BCUT2D eigenvalue weighted by atomic mass is 16.5. The Labute approximate surface area is 238 Å². The predicted molar refractivity (Wildman–Crippen MR) is 148 cm³/mol. The van der Waals surface area contributed by atoms with E-state index in [1.807, 2.05) is 13.8 Å². The summed E-state index contributed by atoms with van der Waals surface area (Å²) in [5.74, 6) is 1.39. The number of hydrogen-bond donors (Lipinski definition) is 2. The molecule has 3 amide bonds. The summed E-state index contributed by atoms with van der Waals surface area (Å²) in [7, 11) is 1.53. The third-order valence-corrected chi connectivity index (χ3v) is 6.81. The number of carbonyl (C=O) groups excluding carboxylic acids is 3. The Hall–Kier alpha value is -4.42. The lowest BCUT2D eigenvalue weighted by atomic mass is 10.0. The third kappa shape index (κ3) is 6.84. The van der Waals surface area contributed by atoms with Gasteiger partial charge in [0.1, 0.15) is 29.6 Å². The van der Waals surface area contributed by atoms with Gasteiger partial charge in [-0.2, -0.15) is 5.10 Å². The number of methoxy groups -OCH3 is 1. The summed E-state index contributed by atoms with van der Waals surface area (Å²) in [6, 6.07) is 4.51. The summed E-state index contributed by atoms with van der Waals surface area (Å²) in [6.07, 6.45) is 0.411. The second kappa shape index (κ2) is 12.8. The lowest BCUT2D eigenvalue weighted by Crippen LogP contribution is -2.44. The Kier molecular flexibility index (Phi) is 9.25. The second-order valence-electron chi connectivity index (χ2n) is 10.3. The van der Waals surface area contributed by atoms with E-state index in [1.165, 1.54) is 12.0 Å². The van der Waals surface area contributed by atoms with Crippen molar-refractivity contribution >= 4 is 17.7 Å². The van der Waals surface area contributed by atoms with Gasteiger partial charge in [-0.1, -0.05) is 19.0 Å². The van der Waals surface area contributed by atoms with Gasteiger partial charge in [-0.15, -0.1) is 0 Å². The lowest BCUT2D eigenvalue weighted by molar-refractivity contribution is -0.123. The molecule has 2 bridgehead atoms. The number of ether oxygens (including phenoxy) is 2. The van der Waals surface area contributed by atoms with Gasteiger partial charge >= 0.3 is 0 Å². The van der Waals surface area contributed by atoms with Gasteiger partial charge in [-0.3, -0.25) is 14.4 Å². The minimum absolute atomic E-state index is 0.0217. The van der Waals surface area contributed by atoms with E-state index in [4.69, 9.17) is 14.0 Å². The van der Waals surface area contributed by atoms with E-state index in [0.29, 0.717) is 58.7 Å². The van der Waals surface area contributed by atoms with Crippen molar-refractivity contribution in [2.75, 3.05) is 33.4 Å². The van der Waals surface area contributed by atoms with Gasteiger partial charge in [0, 0.05) is 18.7 Å². The van der Waals surface area contributed by atoms with Gasteiger partial charge in [-0.25, -0.2) is 9.67 Å². The normalized spacial score (nSPS) is 17.1. The molecule has 41 heavy (non-hydrogen) atoms. The Morgan fingerprint density at radius 3 is 2.63 bits per heavy atom. The Morgan fingerprint density at radius 1 is 1.17 bits per heavy atom. The van der Waals surface area contributed by atoms with Crippen LogP contribution in [-0.4, -0.2) is 75.9 Å². The van der Waals surface area contributed by atoms with Crippen LogP contribution in [-0.2, 0) is 11.3 Å². The van der Waals surface area contributed by atoms with Crippen molar-refractivity contribution in [2.24, 2.45) is 5.92 Å². The molecule has 4 rings (SSSR count). The molecule has 0 saturated carbocycles. The number of carbonyl (C=O) groups is 3. The summed E-state index contributed by atoms with van der Waals surface area (Å²) >= 11 is 0. The van der Waals surface area contributed by atoms with Crippen molar-refractivity contribution < 1.29 is 28.4 Å². The maximum atomic E-state index is 13.5. The van der Waals surface area contributed by atoms with E-state index in [0.717, 1.165) is 0 Å². The first kappa shape index (κ1) is 29.6. The molecule has 13 nitrogen and oxygen atoms in total. The summed E-state index contributed by atoms with van der Waals surface area (Å²) in [5.41, 5.74) is 1.18. The zero-order valence-corrected chi connectivity index (χ0v) is 24.3. The molecule has 13 heteroatoms. The molecule has 3 aromatic rings. The number of nitrogens with zero attached hydrogens (tertiary/aromatic N) is 5. The number of hydrogen-bond acceptors (Lipinski definition) is 9. The fourth-order valence-electron chi connectivity index (χ4n) is 4.73. The minimum Gasteiger partial charge on any atom is -0.493 e. The van der Waals surface area contributed by atoms with Crippen molar-refractivity contribution in [1.29, 1.82) is 0 Å². The fraction of sp³-hybridized carbons (Fsp3) is 0.500. The van der Waals surface area contributed by atoms with Crippen LogP contribution < -0.4 is 20.1 Å². The average Bonchev–Trinajstić information content (AvgIpc) is 3.47. The fourth-order valence-corrected chi connectivity index (χ4v) is 4.73. The number of nitrogens with one attached hydrogen (secondary N) is 2. The molecule has 1 aliphatic rings. The van der Waals surface area contributed by atoms with Crippen LogP contribution in [0.4, 0.5) is 0 Å². The second-order valence-corrected chi connectivity index (χ2v) is 10.3. The van der Waals surface area contributed by atoms with Crippen molar-refractivity contribution in [3.05, 3.63) is 52.4 Å². The van der Waals surface area contributed by atoms with Crippen LogP contribution in [0.3, 0.4) is 0 Å². The smallest absolute Gasteiger partial charge is 0.259 e. The van der Waals surface area contributed by atoms with Crippen LogP contribution in [0.5, 0.6) is 11.5 Å². The molecular formula is C28H37N7O6. The molecule has 0 saturated heterocycles. The molecule has 0 aliphatic carbocycles. The zero-order valence-electron chi connectivity index (χ0n) is 24.3. The van der Waals surface area contributed by atoms with Crippen LogP contribution in [0.1, 0.15) is 70.1 Å². The molecule has 0 unspecified atom stereocenters. The van der Waals surface area contributed by atoms with Crippen LogP contribution in [0.15, 0.2) is 22.7 Å². The summed E-state index contributed by atoms with van der Waals surface area (Å²) in [5, 5.41) is 14.3. The quantitative estimate of drug-likeness (QED) is 0.485. The van der Waals surface area contributed by atoms with Crippen molar-refractivity contribution in [2.45, 2.75) is 53.6 Å². The lowest BCUT2D eigenvalue weighted by Gasteiger charge is -2.26. The minimum atomic E-state index is -0.462. The van der Waals surface area contributed by atoms with Gasteiger partial charge in [-0.05, 0) is 51.3 Å². The maximum absolute atomic E-state index is 13.5. The van der Waals surface area contributed by atoms with Gasteiger partial charge in [0.15, 0.2) is 11.5 Å². The molecule has 0 spiro atoms. The summed E-state index contributed by atoms with van der Waals surface area (Å²) in [4.78, 5) is 45.9. The molecular weight excluding hydrogens is 530 g/mol. The SMILES string of the molecule is COc1ccc2cc1OCCn1nc(C)nc1[C@H](C(C)C)NC(=O)CN(C(=O)c1c(C)noc1C)CCCNC2=O. The maximum Gasteiger partial charge on any atom is 0.259 e. The largest absolute Gasteiger partial charge is 0.493 e. The average molecular weight is 568 g/mol. The number of aryl methyl sites for hydroxylation is 3. The van der Waals surface area contributed by atoms with Crippen LogP contribution in [0.2, 0.25) is 0 Å². The Bertz CT molecular complexity index is 1390. The van der Waals surface area contributed by atoms with E-state index in [9.17, 15) is 14.4 Å². The predicted octanol–water partition coefficient (Wildman–Crippen LogP) is 2.37. The van der Waals surface area contributed by atoms with E-state index >= 15 is 0 Å². The molecule has 1 aliphatic heterocycles. The molecule has 0 radical (unpaired) electrons. The van der Waals surface area contributed by atoms with E-state index < -0.39 is 6.04 Å². The monoisotopic (exact) mass is 567 g/mol. The van der Waals surface area contributed by atoms with E-state index in [-0.39, 0.29) is 49.9 Å². The van der Waals surface area contributed by atoms with Gasteiger partial charge in [0.05, 0.1) is 31.9 Å². The number of fused-ring (bicyclic) bond motifs is 3. The number of benzene rings is 1. The summed E-state index contributed by atoms with van der Waals surface area (Å²) < 4.78 is 18.3. The van der Waals surface area contributed by atoms with Crippen LogP contribution in [0.25, 0.3) is 0 Å². The first-order chi connectivity index (χ1) is 19.6. The molecule has 220 valence electrons. The van der Waals surface area contributed by atoms with E-state index in [1.54, 1.807) is 43.7 Å². The van der Waals surface area contributed by atoms with E-state index in [2.05, 4.69) is 25.9 Å². The standard InChI is InChI=1S/C28H37N7O6/c1-16(2)25-26-30-19(5)32-35(26)12-13-40-22-14-20(8-9-21(22)39-6)27(37)29-10-7-11-34(15-23(36)31-25)28(38)24-17(3)33-41-18(24)4/h8-9,14,16,25H,7,10-13,15H2,1-6H3,(H,29,37)(H,31,36)/t25-/m0/s1. The number of amides is 3. The summed E-state index contributed by atoms with van der Waals surface area (Å²) in [6.45, 7) is 9.95. The highest BCUT2D eigenvalue weighted by molar-refractivity contribution is 5.98. The molecule has 0 fully saturated rings. The zero-order chi connectivity index (χ0) is 29.7. The molecule has 2 N–H and O–H groups in total. The highest BCUT2D eigenvalue weighted by Crippen LogP contribution is 2.28. The molecule has 1 atom stereocenters. The number of rotatable bonds is 3. The first-order valence-corrected chi connectivity index (χ1v) is 13.6. The van der Waals surface area contributed by atoms with Crippen molar-refractivity contribution in [3.63, 3.8) is 0 Å². The Morgan fingerprint density at radius 2 is 1.95 bits per heavy atom. The van der Waals surface area contributed by atoms with Crippen molar-refractivity contribution in [3.8, 4) is 11.5 Å².